The molecule has 0 unspecified atom stereocenters. The third kappa shape index (κ3) is 7.34. The quantitative estimate of drug-likeness (QED) is 0.323. The molecule has 2 aromatic carbocycles. The lowest BCUT2D eigenvalue weighted by atomic mass is 9.95. The number of nitrogens with zero attached hydrogens (tertiary/aromatic N) is 1. The number of fused-ring (bicyclic) bond motifs is 1. The van der Waals surface area contributed by atoms with Gasteiger partial charge in [-0.25, -0.2) is 13.2 Å². The van der Waals surface area contributed by atoms with Gasteiger partial charge in [0, 0.05) is 29.0 Å². The van der Waals surface area contributed by atoms with Crippen LogP contribution < -0.4 is 16.1 Å². The lowest BCUT2D eigenvalue weighted by Gasteiger charge is -2.20. The summed E-state index contributed by atoms with van der Waals surface area (Å²) >= 11 is 0. The van der Waals surface area contributed by atoms with Crippen molar-refractivity contribution in [2.24, 2.45) is 10.8 Å². The number of ether oxygens (including phenoxy) is 1. The monoisotopic (exact) mass is 575 g/mol. The van der Waals surface area contributed by atoms with E-state index in [0.717, 1.165) is 12.1 Å². The molecule has 0 saturated carbocycles. The van der Waals surface area contributed by atoms with E-state index in [1.807, 2.05) is 19.0 Å². The van der Waals surface area contributed by atoms with Gasteiger partial charge in [-0.15, -0.1) is 0 Å². The smallest absolute Gasteiger partial charge is 0.229 e. The first-order valence-electron chi connectivity index (χ1n) is 13.0. The number of amides is 2. The zero-order valence-electron chi connectivity index (χ0n) is 24.6. The molecule has 1 aromatic heterocycles. The number of carbonyl (C=O) groups excluding carboxylic acids is 2. The molecule has 0 spiro atoms. The van der Waals surface area contributed by atoms with Crippen molar-refractivity contribution < 1.29 is 31.9 Å². The van der Waals surface area contributed by atoms with E-state index in [9.17, 15) is 18.8 Å². The SMILES string of the molecule is CN(C)CCOCc1c(F)c(NC(=O)C(C)(C)C)c2c(=O)cc(-c3ccc(NC(=O)C(C)(C)C)c(F)c3)oc2c1F. The fourth-order valence-electron chi connectivity index (χ4n) is 3.57. The van der Waals surface area contributed by atoms with Gasteiger partial charge < -0.3 is 24.7 Å². The predicted molar refractivity (Wildman–Crippen MR) is 152 cm³/mol. The molecule has 0 fully saturated rings. The molecule has 3 aromatic rings. The molecule has 11 heteroatoms. The van der Waals surface area contributed by atoms with Crippen molar-refractivity contribution in [3.05, 3.63) is 57.5 Å². The van der Waals surface area contributed by atoms with Crippen LogP contribution >= 0.6 is 0 Å². The van der Waals surface area contributed by atoms with E-state index in [-0.39, 0.29) is 23.6 Å². The minimum Gasteiger partial charge on any atom is -0.453 e. The molecule has 0 bridgehead atoms. The second-order valence-electron chi connectivity index (χ2n) is 12.1. The molecule has 0 radical (unpaired) electrons. The van der Waals surface area contributed by atoms with Crippen LogP contribution in [-0.2, 0) is 20.9 Å². The summed E-state index contributed by atoms with van der Waals surface area (Å²) in [5.41, 5.74) is -4.28. The summed E-state index contributed by atoms with van der Waals surface area (Å²) in [6, 6.07) is 4.67. The Morgan fingerprint density at radius 1 is 0.927 bits per heavy atom. The molecule has 1 heterocycles. The molecule has 0 aliphatic carbocycles. The summed E-state index contributed by atoms with van der Waals surface area (Å²) in [5.74, 6) is -4.35. The Morgan fingerprint density at radius 3 is 2.10 bits per heavy atom. The fraction of sp³-hybridized carbons (Fsp3) is 0.433. The molecular weight excluding hydrogens is 539 g/mol. The first-order valence-corrected chi connectivity index (χ1v) is 13.0. The van der Waals surface area contributed by atoms with Gasteiger partial charge >= 0.3 is 0 Å². The average molecular weight is 576 g/mol. The van der Waals surface area contributed by atoms with Crippen LogP contribution in [0, 0.1) is 28.3 Å². The largest absolute Gasteiger partial charge is 0.453 e. The number of hydrogen-bond donors (Lipinski definition) is 2. The zero-order chi connectivity index (χ0) is 30.9. The maximum Gasteiger partial charge on any atom is 0.229 e. The van der Waals surface area contributed by atoms with Crippen molar-refractivity contribution in [3.63, 3.8) is 0 Å². The van der Waals surface area contributed by atoms with Crippen molar-refractivity contribution in [3.8, 4) is 11.3 Å². The van der Waals surface area contributed by atoms with E-state index < -0.39 is 74.4 Å². The highest BCUT2D eigenvalue weighted by atomic mass is 19.1. The number of anilines is 2. The number of hydrogen-bond acceptors (Lipinski definition) is 6. The zero-order valence-corrected chi connectivity index (χ0v) is 24.6. The number of halogens is 3. The number of rotatable bonds is 8. The summed E-state index contributed by atoms with van der Waals surface area (Å²) in [7, 11) is 3.62. The van der Waals surface area contributed by atoms with Gasteiger partial charge in [0.05, 0.1) is 35.5 Å². The molecule has 222 valence electrons. The van der Waals surface area contributed by atoms with E-state index >= 15 is 8.78 Å². The first kappa shape index (κ1) is 31.8. The third-order valence-electron chi connectivity index (χ3n) is 6.18. The van der Waals surface area contributed by atoms with Crippen LogP contribution in [0.4, 0.5) is 24.5 Å². The van der Waals surface area contributed by atoms with Crippen LogP contribution in [-0.4, -0.2) is 44.0 Å². The van der Waals surface area contributed by atoms with Gasteiger partial charge in [0.25, 0.3) is 0 Å². The third-order valence-corrected chi connectivity index (χ3v) is 6.18. The number of carbonyl (C=O) groups is 2. The van der Waals surface area contributed by atoms with Crippen LogP contribution in [0.1, 0.15) is 47.1 Å². The fourth-order valence-corrected chi connectivity index (χ4v) is 3.57. The topological polar surface area (TPSA) is 101 Å². The molecule has 0 saturated heterocycles. The van der Waals surface area contributed by atoms with Crippen molar-refractivity contribution in [1.29, 1.82) is 0 Å². The number of likely N-dealkylation sites (N-methyl/N-ethyl adjacent to an activating group) is 1. The summed E-state index contributed by atoms with van der Waals surface area (Å²) in [5, 5.41) is 4.40. The van der Waals surface area contributed by atoms with Gasteiger partial charge in [0.1, 0.15) is 11.6 Å². The lowest BCUT2D eigenvalue weighted by molar-refractivity contribution is -0.123. The van der Waals surface area contributed by atoms with Gasteiger partial charge in [-0.2, -0.15) is 0 Å². The van der Waals surface area contributed by atoms with Crippen LogP contribution in [0.2, 0.25) is 0 Å². The Kier molecular flexibility index (Phi) is 9.34. The van der Waals surface area contributed by atoms with E-state index in [4.69, 9.17) is 9.15 Å². The minimum atomic E-state index is -1.18. The molecule has 2 amide bonds. The second-order valence-corrected chi connectivity index (χ2v) is 12.1. The molecule has 0 aliphatic rings. The molecule has 41 heavy (non-hydrogen) atoms. The normalized spacial score (nSPS) is 12.2. The standard InChI is InChI=1S/C30H36F3N3O5/c1-29(2,3)27(38)34-19-10-9-16(13-18(19)31)21-14-20(37)22-25(35-28(39)30(4,5)6)23(32)17(24(33)26(22)41-21)15-40-12-11-36(7)8/h9-10,13-14H,11-12,15H2,1-8H3,(H,34,38)(H,35,39). The Hall–Kier alpha value is -3.70. The summed E-state index contributed by atoms with van der Waals surface area (Å²) in [6.45, 7) is 9.97. The highest BCUT2D eigenvalue weighted by molar-refractivity contribution is 6.03. The van der Waals surface area contributed by atoms with Gasteiger partial charge in [-0.05, 0) is 32.3 Å². The highest BCUT2D eigenvalue weighted by Crippen LogP contribution is 2.35. The maximum absolute atomic E-state index is 15.7. The van der Waals surface area contributed by atoms with Gasteiger partial charge in [-0.1, -0.05) is 41.5 Å². The van der Waals surface area contributed by atoms with E-state index in [1.54, 1.807) is 41.5 Å². The second kappa shape index (κ2) is 12.0. The molecular formula is C30H36F3N3O5. The molecule has 8 nitrogen and oxygen atoms in total. The Labute approximate surface area is 236 Å². The number of nitrogens with one attached hydrogen (secondary N) is 2. The minimum absolute atomic E-state index is 0.0723. The van der Waals surface area contributed by atoms with Gasteiger partial charge in [-0.3, -0.25) is 14.4 Å². The summed E-state index contributed by atoms with van der Waals surface area (Å²) < 4.78 is 57.5. The Balaban J connectivity index is 2.16. The van der Waals surface area contributed by atoms with Crippen LogP contribution in [0.5, 0.6) is 0 Å². The maximum atomic E-state index is 15.7. The summed E-state index contributed by atoms with van der Waals surface area (Å²) in [6.07, 6.45) is 0. The lowest BCUT2D eigenvalue weighted by Crippen LogP contribution is -2.29. The highest BCUT2D eigenvalue weighted by Gasteiger charge is 2.29. The Bertz CT molecular complexity index is 1540. The van der Waals surface area contributed by atoms with Gasteiger partial charge in [0.2, 0.25) is 11.8 Å². The van der Waals surface area contributed by atoms with Crippen LogP contribution in [0.25, 0.3) is 22.3 Å². The van der Waals surface area contributed by atoms with Crippen LogP contribution in [0.15, 0.2) is 33.5 Å². The summed E-state index contributed by atoms with van der Waals surface area (Å²) in [4.78, 5) is 40.1. The number of benzene rings is 2. The predicted octanol–water partition coefficient (Wildman–Crippen LogP) is 5.92. The van der Waals surface area contributed by atoms with Gasteiger partial charge in [0.15, 0.2) is 22.6 Å². The first-order chi connectivity index (χ1) is 18.9. The Morgan fingerprint density at radius 2 is 1.54 bits per heavy atom. The van der Waals surface area contributed by atoms with Crippen LogP contribution in [0.3, 0.4) is 0 Å². The van der Waals surface area contributed by atoms with Crippen molar-refractivity contribution >= 4 is 34.2 Å². The molecule has 0 atom stereocenters. The van der Waals surface area contributed by atoms with E-state index in [0.29, 0.717) is 6.54 Å². The van der Waals surface area contributed by atoms with E-state index in [2.05, 4.69) is 10.6 Å². The van der Waals surface area contributed by atoms with Crippen molar-refractivity contribution in [2.45, 2.75) is 48.1 Å². The van der Waals surface area contributed by atoms with Crippen molar-refractivity contribution in [2.75, 3.05) is 37.9 Å². The molecule has 2 N–H and O–H groups in total. The molecule has 3 rings (SSSR count). The average Bonchev–Trinajstić information content (AvgIpc) is 2.85. The molecule has 0 aliphatic heterocycles. The van der Waals surface area contributed by atoms with E-state index in [1.165, 1.54) is 12.1 Å². The van der Waals surface area contributed by atoms with Crippen molar-refractivity contribution in [1.82, 2.24) is 4.90 Å².